The second kappa shape index (κ2) is 18.4. The first-order valence-electron chi connectivity index (χ1n) is 3.27. The Morgan fingerprint density at radius 3 is 2.23 bits per heavy atom. The average molecular weight is 412 g/mol. The van der Waals surface area contributed by atoms with Gasteiger partial charge in [-0.1, -0.05) is 6.42 Å². The van der Waals surface area contributed by atoms with Crippen molar-refractivity contribution in [3.05, 3.63) is 13.1 Å². The number of carbonyl (C=O) groups is 1. The minimum absolute atomic E-state index is 0. The predicted octanol–water partition coefficient (Wildman–Crippen LogP) is 2.98. The van der Waals surface area contributed by atoms with Crippen LogP contribution in [0.4, 0.5) is 0 Å². The minimum atomic E-state index is -0.472. The van der Waals surface area contributed by atoms with Crippen LogP contribution in [0.25, 0.3) is 6.15 Å². The molecule has 0 aliphatic rings. The molecule has 1 amide bonds. The standard InChI is InChI=1S/C6H12NO2.2ClH.H2N.Pt/c1-2-3-4-5-6(8)7-9;;;;/h9H,1-5H2,(H,7,8);2*1H;1H2;/q-1;;;-1;+4/p-2. The largest absolute Gasteiger partial charge is 0.693 e. The first kappa shape index (κ1) is 19.3. The number of nitrogens with one attached hydrogen (secondary N) is 1. The number of unbranched alkanes of at least 4 members (excludes halogenated alkanes) is 2. The Hall–Kier alpha value is 0.658. The molecule has 0 saturated heterocycles. The van der Waals surface area contributed by atoms with Crippen LogP contribution >= 0.6 is 18.8 Å². The fourth-order valence-corrected chi connectivity index (χ4v) is 0.518. The van der Waals surface area contributed by atoms with Crippen molar-refractivity contribution in [1.82, 2.24) is 5.48 Å². The van der Waals surface area contributed by atoms with Gasteiger partial charge in [-0.25, -0.2) is 5.48 Å². The third-order valence-electron chi connectivity index (χ3n) is 1.03. The van der Waals surface area contributed by atoms with E-state index in [9.17, 15) is 4.79 Å². The molecule has 0 aromatic carbocycles. The molecule has 4 nitrogen and oxygen atoms in total. The summed E-state index contributed by atoms with van der Waals surface area (Å²) in [7, 11) is 9.75. The van der Waals surface area contributed by atoms with E-state index in [1.807, 2.05) is 0 Å². The Bertz CT molecular complexity index is 109. The number of hydrogen-bond acceptors (Lipinski definition) is 2. The Balaban J connectivity index is -0.000000220. The van der Waals surface area contributed by atoms with Gasteiger partial charge in [-0.15, -0.1) is 0 Å². The van der Waals surface area contributed by atoms with E-state index in [0.29, 0.717) is 6.42 Å². The van der Waals surface area contributed by atoms with E-state index in [1.165, 1.54) is 0 Å². The van der Waals surface area contributed by atoms with E-state index in [2.05, 4.69) is 6.92 Å². The molecule has 0 fully saturated rings. The van der Waals surface area contributed by atoms with E-state index >= 15 is 0 Å². The van der Waals surface area contributed by atoms with Crippen LogP contribution in [0, 0.1) is 6.92 Å². The molecular weight excluding hydrogens is 398 g/mol. The van der Waals surface area contributed by atoms with Crippen molar-refractivity contribution in [2.75, 3.05) is 0 Å². The molecule has 0 spiro atoms. The number of nitrogens with two attached hydrogens (primary N) is 1. The number of halogens is 2. The minimum Gasteiger partial charge on any atom is -0.693 e. The van der Waals surface area contributed by atoms with Crippen molar-refractivity contribution in [1.29, 1.82) is 0 Å². The topological polar surface area (TPSA) is 82.8 Å². The van der Waals surface area contributed by atoms with Gasteiger partial charge >= 0.3 is 35.3 Å². The van der Waals surface area contributed by atoms with Crippen LogP contribution in [0.1, 0.15) is 25.7 Å². The molecule has 4 N–H and O–H groups in total. The zero-order valence-electron chi connectivity index (χ0n) is 7.04. The van der Waals surface area contributed by atoms with Gasteiger partial charge in [-0.2, -0.15) is 6.42 Å². The fourth-order valence-electron chi connectivity index (χ4n) is 0.518. The van der Waals surface area contributed by atoms with Crippen LogP contribution in [0.5, 0.6) is 0 Å². The van der Waals surface area contributed by atoms with Gasteiger partial charge in [0.1, 0.15) is 0 Å². The molecular formula is C6H14Cl2N2O2Pt. The van der Waals surface area contributed by atoms with Crippen LogP contribution in [-0.2, 0) is 21.3 Å². The van der Waals surface area contributed by atoms with E-state index < -0.39 is 16.5 Å². The first-order chi connectivity index (χ1) is 5.72. The van der Waals surface area contributed by atoms with Gasteiger partial charge in [0.05, 0.1) is 0 Å². The van der Waals surface area contributed by atoms with Crippen molar-refractivity contribution in [3.63, 3.8) is 0 Å². The van der Waals surface area contributed by atoms with Crippen LogP contribution in [-0.4, -0.2) is 11.1 Å². The smallest absolute Gasteiger partial charge is 0.693 e. The molecule has 0 rings (SSSR count). The van der Waals surface area contributed by atoms with E-state index in [0.717, 1.165) is 19.3 Å². The summed E-state index contributed by atoms with van der Waals surface area (Å²) in [5.41, 5.74) is 1.56. The summed E-state index contributed by atoms with van der Waals surface area (Å²) >= 11 is -0.472. The summed E-state index contributed by atoms with van der Waals surface area (Å²) in [6.07, 6.45) is 2.98. The summed E-state index contributed by atoms with van der Waals surface area (Å²) in [4.78, 5) is 10.3. The second-order valence-corrected chi connectivity index (χ2v) is 5.17. The normalized spacial score (nSPS) is 8.00. The van der Waals surface area contributed by atoms with Gasteiger partial charge in [0, 0.05) is 6.42 Å². The van der Waals surface area contributed by atoms with Crippen molar-refractivity contribution in [2.45, 2.75) is 25.7 Å². The number of carbonyl (C=O) groups excluding carboxylic acids is 1. The van der Waals surface area contributed by atoms with Crippen LogP contribution in [0.15, 0.2) is 0 Å². The maximum atomic E-state index is 10.3. The average Bonchev–Trinajstić information content (AvgIpc) is 2.06. The van der Waals surface area contributed by atoms with Crippen molar-refractivity contribution in [2.24, 2.45) is 0 Å². The molecule has 7 heteroatoms. The zero-order valence-corrected chi connectivity index (χ0v) is 10.8. The molecule has 0 bridgehead atoms. The van der Waals surface area contributed by atoms with E-state index in [4.69, 9.17) is 24.0 Å². The quantitative estimate of drug-likeness (QED) is 0.322. The van der Waals surface area contributed by atoms with Gasteiger partial charge in [0.15, 0.2) is 0 Å². The van der Waals surface area contributed by atoms with Crippen molar-refractivity contribution in [3.8, 4) is 0 Å². The molecule has 0 aliphatic carbocycles. The third-order valence-corrected chi connectivity index (χ3v) is 1.03. The van der Waals surface area contributed by atoms with E-state index in [1.54, 1.807) is 5.48 Å². The first-order valence-corrected chi connectivity index (χ1v) is 8.90. The summed E-state index contributed by atoms with van der Waals surface area (Å²) in [5.74, 6) is -0.316. The Labute approximate surface area is 95.3 Å². The molecule has 0 aliphatic heterocycles. The number of rotatable bonds is 4. The number of hydrogen-bond donors (Lipinski definition) is 2. The summed E-state index contributed by atoms with van der Waals surface area (Å²) in [6.45, 7) is 3.61. The van der Waals surface area contributed by atoms with E-state index in [-0.39, 0.29) is 12.1 Å². The molecule has 84 valence electrons. The predicted molar refractivity (Wildman–Crippen MR) is 50.7 cm³/mol. The monoisotopic (exact) mass is 411 g/mol. The van der Waals surface area contributed by atoms with Gasteiger partial charge in [0.2, 0.25) is 5.91 Å². The molecule has 0 aromatic rings. The fraction of sp³-hybridized carbons (Fsp3) is 0.667. The van der Waals surface area contributed by atoms with Gasteiger partial charge in [-0.3, -0.25) is 10.0 Å². The van der Waals surface area contributed by atoms with Gasteiger partial charge in [-0.05, 0) is 6.42 Å². The molecule has 0 radical (unpaired) electrons. The molecule has 0 saturated carbocycles. The molecule has 0 heterocycles. The summed E-state index contributed by atoms with van der Waals surface area (Å²) in [5, 5.41) is 8.02. The van der Waals surface area contributed by atoms with Crippen LogP contribution in [0.2, 0.25) is 0 Å². The second-order valence-electron chi connectivity index (χ2n) is 1.89. The Morgan fingerprint density at radius 1 is 1.46 bits per heavy atom. The SMILES string of the molecule is [CH2-]CCCCC(=O)NO.[Cl][Pt+2][Cl].[NH2-]. The van der Waals surface area contributed by atoms with Crippen LogP contribution < -0.4 is 5.48 Å². The summed E-state index contributed by atoms with van der Waals surface area (Å²) < 4.78 is 0. The number of amides is 1. The van der Waals surface area contributed by atoms with Gasteiger partial charge in [0.25, 0.3) is 0 Å². The maximum absolute atomic E-state index is 10.3. The number of hydroxylamine groups is 1. The van der Waals surface area contributed by atoms with Crippen LogP contribution in [0.3, 0.4) is 0 Å². The van der Waals surface area contributed by atoms with Gasteiger partial charge < -0.3 is 13.1 Å². The summed E-state index contributed by atoms with van der Waals surface area (Å²) in [6, 6.07) is 0. The van der Waals surface area contributed by atoms with Crippen molar-refractivity contribution < 1.29 is 26.5 Å². The Kier molecular flexibility index (Phi) is 27.3. The molecule has 0 atom stereocenters. The Morgan fingerprint density at radius 2 is 1.92 bits per heavy atom. The van der Waals surface area contributed by atoms with Crippen molar-refractivity contribution >= 4 is 24.7 Å². The zero-order chi connectivity index (χ0) is 9.82. The molecule has 13 heavy (non-hydrogen) atoms. The molecule has 0 unspecified atom stereocenters. The molecule has 0 aromatic heterocycles. The maximum Gasteiger partial charge on any atom is -0.693 e. The third kappa shape index (κ3) is 24.5.